The van der Waals surface area contributed by atoms with Gasteiger partial charge in [-0.05, 0) is 45.1 Å². The first-order valence-corrected chi connectivity index (χ1v) is 12.4. The number of nitrogens with one attached hydrogen (secondary N) is 2. The smallest absolute Gasteiger partial charge is 0.261 e. The van der Waals surface area contributed by atoms with Crippen LogP contribution in [0.4, 0.5) is 11.4 Å². The number of carbonyl (C=O) groups is 3. The zero-order valence-electron chi connectivity index (χ0n) is 22.2. The number of rotatable bonds is 13. The molecule has 1 heterocycles. The van der Waals surface area contributed by atoms with E-state index in [1.807, 2.05) is 62.3 Å². The number of likely N-dealkylation sites (N-methyl/N-ethyl adjacent to an activating group) is 2. The third-order valence-corrected chi connectivity index (χ3v) is 6.10. The minimum Gasteiger partial charge on any atom is -0.494 e. The molecule has 0 saturated carbocycles. The van der Waals surface area contributed by atoms with E-state index >= 15 is 0 Å². The summed E-state index contributed by atoms with van der Waals surface area (Å²) in [5.74, 6) is 0.647. The molecular formula is C28H36N4O5. The summed E-state index contributed by atoms with van der Waals surface area (Å²) in [6.45, 7) is 3.31. The number of anilines is 2. The van der Waals surface area contributed by atoms with E-state index in [9.17, 15) is 14.4 Å². The van der Waals surface area contributed by atoms with Crippen LogP contribution in [0.1, 0.15) is 42.1 Å². The van der Waals surface area contributed by atoms with Crippen LogP contribution >= 0.6 is 0 Å². The normalized spacial score (nSPS) is 14.5. The quantitative estimate of drug-likeness (QED) is 0.398. The third kappa shape index (κ3) is 6.29. The fourth-order valence-corrected chi connectivity index (χ4v) is 4.30. The minimum absolute atomic E-state index is 0.170. The van der Waals surface area contributed by atoms with Crippen molar-refractivity contribution in [3.8, 4) is 11.5 Å². The zero-order valence-corrected chi connectivity index (χ0v) is 22.2. The van der Waals surface area contributed by atoms with E-state index in [4.69, 9.17) is 9.47 Å². The number of fused-ring (bicyclic) bond motifs is 1. The fourth-order valence-electron chi connectivity index (χ4n) is 4.30. The van der Waals surface area contributed by atoms with E-state index in [2.05, 4.69) is 10.6 Å². The van der Waals surface area contributed by atoms with E-state index < -0.39 is 6.04 Å². The van der Waals surface area contributed by atoms with Crippen LogP contribution in [-0.4, -0.2) is 75.3 Å². The highest BCUT2D eigenvalue weighted by Crippen LogP contribution is 2.41. The second-order valence-electron chi connectivity index (χ2n) is 8.91. The Hall–Kier alpha value is -3.85. The molecule has 198 valence electrons. The van der Waals surface area contributed by atoms with Crippen molar-refractivity contribution in [1.29, 1.82) is 0 Å². The first-order valence-electron chi connectivity index (χ1n) is 12.4. The van der Waals surface area contributed by atoms with Gasteiger partial charge in [0.15, 0.2) is 0 Å². The van der Waals surface area contributed by atoms with E-state index in [0.717, 1.165) is 18.4 Å². The molecule has 1 aliphatic heterocycles. The van der Waals surface area contributed by atoms with E-state index in [1.54, 1.807) is 13.2 Å². The number of nitrogens with zero attached hydrogens (tertiary/aromatic N) is 2. The molecule has 0 fully saturated rings. The lowest BCUT2D eigenvalue weighted by Crippen LogP contribution is -2.45. The number of methoxy groups -OCH3 is 1. The van der Waals surface area contributed by atoms with Gasteiger partial charge in [0, 0.05) is 37.3 Å². The topological polar surface area (TPSA) is 100 Å². The summed E-state index contributed by atoms with van der Waals surface area (Å²) >= 11 is 0. The molecule has 2 amide bonds. The van der Waals surface area contributed by atoms with Crippen molar-refractivity contribution in [3.63, 3.8) is 0 Å². The molecule has 9 nitrogen and oxygen atoms in total. The largest absolute Gasteiger partial charge is 0.494 e. The maximum absolute atomic E-state index is 13.8. The van der Waals surface area contributed by atoms with Gasteiger partial charge in [0.2, 0.25) is 5.91 Å². The van der Waals surface area contributed by atoms with Crippen molar-refractivity contribution in [3.05, 3.63) is 53.6 Å². The number of carbonyl (C=O) groups excluding carboxylic acids is 3. The summed E-state index contributed by atoms with van der Waals surface area (Å²) in [4.78, 5) is 41.2. The molecular weight excluding hydrogens is 472 g/mol. The van der Waals surface area contributed by atoms with Crippen LogP contribution in [0.5, 0.6) is 11.5 Å². The molecule has 9 heteroatoms. The second kappa shape index (κ2) is 12.9. The van der Waals surface area contributed by atoms with Crippen LogP contribution in [0, 0.1) is 0 Å². The molecule has 1 atom stereocenters. The Morgan fingerprint density at radius 1 is 1.19 bits per heavy atom. The molecule has 0 aliphatic carbocycles. The molecule has 0 bridgehead atoms. The van der Waals surface area contributed by atoms with Crippen molar-refractivity contribution in [2.45, 2.75) is 32.2 Å². The van der Waals surface area contributed by atoms with Gasteiger partial charge < -0.3 is 29.8 Å². The molecule has 1 unspecified atom stereocenters. The highest BCUT2D eigenvalue weighted by atomic mass is 16.5. The zero-order chi connectivity index (χ0) is 26.9. The number of hydrogen-bond donors (Lipinski definition) is 2. The number of benzene rings is 2. The molecule has 37 heavy (non-hydrogen) atoms. The van der Waals surface area contributed by atoms with Gasteiger partial charge in [-0.25, -0.2) is 0 Å². The molecule has 0 spiro atoms. The SMILES string of the molecule is CC/C=C1\c2cccc(Nc3ccc(OCCN(C)C)cc3OC)c2C(=O)N1C(CCC=O)C(=O)NC. The molecule has 2 aromatic rings. The van der Waals surface area contributed by atoms with Crippen molar-refractivity contribution >= 4 is 35.2 Å². The van der Waals surface area contributed by atoms with Crippen molar-refractivity contribution in [1.82, 2.24) is 15.1 Å². The highest BCUT2D eigenvalue weighted by Gasteiger charge is 2.40. The van der Waals surface area contributed by atoms with E-state index in [1.165, 1.54) is 11.9 Å². The van der Waals surface area contributed by atoms with Gasteiger partial charge in [0.1, 0.15) is 30.4 Å². The minimum atomic E-state index is -0.797. The van der Waals surface area contributed by atoms with Crippen LogP contribution in [0.2, 0.25) is 0 Å². The highest BCUT2D eigenvalue weighted by molar-refractivity contribution is 6.15. The molecule has 2 N–H and O–H groups in total. The number of amides is 2. The summed E-state index contributed by atoms with van der Waals surface area (Å²) in [6.07, 6.45) is 3.77. The number of aldehydes is 1. The Morgan fingerprint density at radius 3 is 2.62 bits per heavy atom. The lowest BCUT2D eigenvalue weighted by molar-refractivity contribution is -0.124. The predicted octanol–water partition coefficient (Wildman–Crippen LogP) is 3.68. The van der Waals surface area contributed by atoms with Crippen LogP contribution < -0.4 is 20.1 Å². The van der Waals surface area contributed by atoms with Crippen LogP contribution in [-0.2, 0) is 9.59 Å². The number of ether oxygens (including phenoxy) is 2. The van der Waals surface area contributed by atoms with Gasteiger partial charge in [-0.1, -0.05) is 25.1 Å². The van der Waals surface area contributed by atoms with Crippen LogP contribution in [0.3, 0.4) is 0 Å². The Labute approximate surface area is 218 Å². The first-order chi connectivity index (χ1) is 17.9. The van der Waals surface area contributed by atoms with Crippen LogP contribution in [0.25, 0.3) is 5.70 Å². The van der Waals surface area contributed by atoms with Gasteiger partial charge >= 0.3 is 0 Å². The van der Waals surface area contributed by atoms with E-state index in [0.29, 0.717) is 47.2 Å². The van der Waals surface area contributed by atoms with Gasteiger partial charge in [-0.15, -0.1) is 0 Å². The van der Waals surface area contributed by atoms with Gasteiger partial charge in [0.25, 0.3) is 5.91 Å². The average Bonchev–Trinajstić information content (AvgIpc) is 3.17. The Morgan fingerprint density at radius 2 is 1.97 bits per heavy atom. The standard InChI is InChI=1S/C28H36N4O5/c1-6-9-23-20-10-7-11-22(26(20)28(35)32(23)24(12-8-16-33)27(34)29-2)30-21-14-13-19(18-25(21)36-5)37-17-15-31(3)4/h7,9-11,13-14,16,18,24,30H,6,8,12,15,17H2,1-5H3,(H,29,34)/b23-9+. The Bertz CT molecular complexity index is 1160. The van der Waals surface area contributed by atoms with Crippen molar-refractivity contribution in [2.24, 2.45) is 0 Å². The van der Waals surface area contributed by atoms with Crippen LogP contribution in [0.15, 0.2) is 42.5 Å². The Kier molecular flexibility index (Phi) is 9.68. The molecule has 1 aliphatic rings. The van der Waals surface area contributed by atoms with E-state index in [-0.39, 0.29) is 24.7 Å². The molecule has 0 radical (unpaired) electrons. The number of hydrogen-bond acceptors (Lipinski definition) is 7. The maximum Gasteiger partial charge on any atom is 0.261 e. The summed E-state index contributed by atoms with van der Waals surface area (Å²) in [5.41, 5.74) is 3.14. The van der Waals surface area contributed by atoms with Gasteiger partial charge in [0.05, 0.1) is 24.0 Å². The summed E-state index contributed by atoms with van der Waals surface area (Å²) in [6, 6.07) is 10.3. The van der Waals surface area contributed by atoms with Gasteiger partial charge in [-0.3, -0.25) is 14.5 Å². The average molecular weight is 509 g/mol. The van der Waals surface area contributed by atoms with Crippen molar-refractivity contribution in [2.75, 3.05) is 46.7 Å². The molecule has 0 saturated heterocycles. The summed E-state index contributed by atoms with van der Waals surface area (Å²) in [7, 11) is 7.08. The fraction of sp³-hybridized carbons (Fsp3) is 0.393. The third-order valence-electron chi connectivity index (χ3n) is 6.10. The molecule has 3 rings (SSSR count). The Balaban J connectivity index is 1.97. The van der Waals surface area contributed by atoms with Gasteiger partial charge in [-0.2, -0.15) is 0 Å². The number of allylic oxidation sites excluding steroid dienone is 1. The predicted molar refractivity (Wildman–Crippen MR) is 144 cm³/mol. The van der Waals surface area contributed by atoms with Crippen molar-refractivity contribution < 1.29 is 23.9 Å². The maximum atomic E-state index is 13.8. The lowest BCUT2D eigenvalue weighted by Gasteiger charge is -2.27. The summed E-state index contributed by atoms with van der Waals surface area (Å²) < 4.78 is 11.4. The summed E-state index contributed by atoms with van der Waals surface area (Å²) in [5, 5.41) is 5.98. The monoisotopic (exact) mass is 508 g/mol. The molecule has 2 aromatic carbocycles. The second-order valence-corrected chi connectivity index (χ2v) is 8.91. The lowest BCUT2D eigenvalue weighted by atomic mass is 10.0. The molecule has 0 aromatic heterocycles. The first kappa shape index (κ1) is 27.7.